The van der Waals surface area contributed by atoms with E-state index in [1.165, 1.54) is 0 Å². The molecule has 0 fully saturated rings. The largest absolute Gasteiger partial charge is 0.345 e. The molecule has 104 valence electrons. The van der Waals surface area contributed by atoms with E-state index in [9.17, 15) is 4.79 Å². The molecule has 1 heterocycles. The van der Waals surface area contributed by atoms with Crippen LogP contribution in [-0.4, -0.2) is 10.9 Å². The lowest BCUT2D eigenvalue weighted by Crippen LogP contribution is -2.26. The highest BCUT2D eigenvalue weighted by Crippen LogP contribution is 2.26. The number of hydrogen-bond donors (Lipinski definition) is 1. The van der Waals surface area contributed by atoms with Crippen LogP contribution >= 0.6 is 39.1 Å². The topological polar surface area (TPSA) is 42.0 Å². The summed E-state index contributed by atoms with van der Waals surface area (Å²) in [6.07, 6.45) is 1.57. The number of rotatable bonds is 3. The van der Waals surface area contributed by atoms with E-state index in [2.05, 4.69) is 26.2 Å². The van der Waals surface area contributed by atoms with Crippen molar-refractivity contribution in [3.63, 3.8) is 0 Å². The molecule has 0 saturated carbocycles. The molecule has 20 heavy (non-hydrogen) atoms. The van der Waals surface area contributed by atoms with Crippen LogP contribution in [0.2, 0.25) is 10.0 Å². The second kappa shape index (κ2) is 6.57. The number of pyridine rings is 1. The fourth-order valence-electron chi connectivity index (χ4n) is 1.75. The van der Waals surface area contributed by atoms with Gasteiger partial charge >= 0.3 is 0 Å². The Kier molecular flexibility index (Phi) is 5.02. The first-order valence-corrected chi connectivity index (χ1v) is 7.39. The molecule has 1 amide bonds. The lowest BCUT2D eigenvalue weighted by atomic mass is 10.1. The Balaban J connectivity index is 2.15. The van der Waals surface area contributed by atoms with Crippen molar-refractivity contribution in [3.05, 3.63) is 62.3 Å². The van der Waals surface area contributed by atoms with Crippen molar-refractivity contribution in [3.8, 4) is 0 Å². The van der Waals surface area contributed by atoms with E-state index in [-0.39, 0.29) is 11.9 Å². The number of carbonyl (C=O) groups excluding carboxylic acids is 1. The second-order valence-corrected chi connectivity index (χ2v) is 5.88. The van der Waals surface area contributed by atoms with E-state index < -0.39 is 0 Å². The van der Waals surface area contributed by atoms with Crippen LogP contribution < -0.4 is 5.32 Å². The van der Waals surface area contributed by atoms with Crippen LogP contribution in [0.3, 0.4) is 0 Å². The normalized spacial score (nSPS) is 12.0. The maximum absolute atomic E-state index is 12.1. The molecule has 0 radical (unpaired) electrons. The molecule has 1 N–H and O–H groups in total. The van der Waals surface area contributed by atoms with Crippen molar-refractivity contribution in [1.29, 1.82) is 0 Å². The number of halogens is 3. The molecular formula is C14H11BrCl2N2O. The van der Waals surface area contributed by atoms with Crippen molar-refractivity contribution in [1.82, 2.24) is 10.3 Å². The van der Waals surface area contributed by atoms with Gasteiger partial charge in [-0.3, -0.25) is 4.79 Å². The van der Waals surface area contributed by atoms with Gasteiger partial charge in [0.1, 0.15) is 4.60 Å². The SMILES string of the molecule is CC(NC(=O)c1ccnc(Br)c1)c1ccc(Cl)cc1Cl. The third-order valence-corrected chi connectivity index (χ3v) is 3.76. The van der Waals surface area contributed by atoms with Gasteiger partial charge in [-0.2, -0.15) is 0 Å². The van der Waals surface area contributed by atoms with Crippen LogP contribution in [0, 0.1) is 0 Å². The average molecular weight is 374 g/mol. The quantitative estimate of drug-likeness (QED) is 0.796. The molecule has 3 nitrogen and oxygen atoms in total. The molecule has 2 rings (SSSR count). The molecule has 0 aliphatic carbocycles. The Morgan fingerprint density at radius 2 is 2.05 bits per heavy atom. The van der Waals surface area contributed by atoms with E-state index in [0.717, 1.165) is 5.56 Å². The Hall–Kier alpha value is -1.10. The number of benzene rings is 1. The number of carbonyl (C=O) groups is 1. The summed E-state index contributed by atoms with van der Waals surface area (Å²) in [6.45, 7) is 1.86. The lowest BCUT2D eigenvalue weighted by molar-refractivity contribution is 0.0939. The number of amides is 1. The third-order valence-electron chi connectivity index (χ3n) is 2.77. The van der Waals surface area contributed by atoms with Gasteiger partial charge in [-0.25, -0.2) is 4.98 Å². The van der Waals surface area contributed by atoms with Gasteiger partial charge in [-0.05, 0) is 52.7 Å². The molecule has 1 atom stereocenters. The van der Waals surface area contributed by atoms with Crippen LogP contribution in [-0.2, 0) is 0 Å². The van der Waals surface area contributed by atoms with Gasteiger partial charge < -0.3 is 5.32 Å². The zero-order valence-electron chi connectivity index (χ0n) is 10.5. The Morgan fingerprint density at radius 3 is 2.70 bits per heavy atom. The van der Waals surface area contributed by atoms with E-state index in [1.807, 2.05) is 6.92 Å². The summed E-state index contributed by atoms with van der Waals surface area (Å²) in [5.74, 6) is -0.188. The summed E-state index contributed by atoms with van der Waals surface area (Å²) in [4.78, 5) is 16.1. The highest BCUT2D eigenvalue weighted by Gasteiger charge is 2.14. The summed E-state index contributed by atoms with van der Waals surface area (Å²) in [7, 11) is 0. The first kappa shape index (κ1) is 15.3. The van der Waals surface area contributed by atoms with E-state index in [4.69, 9.17) is 23.2 Å². The molecule has 0 aliphatic heterocycles. The summed E-state index contributed by atoms with van der Waals surface area (Å²) in [5.41, 5.74) is 1.35. The van der Waals surface area contributed by atoms with Gasteiger partial charge in [0, 0.05) is 21.8 Å². The van der Waals surface area contributed by atoms with Gasteiger partial charge in [0.05, 0.1) is 6.04 Å². The summed E-state index contributed by atoms with van der Waals surface area (Å²) >= 11 is 15.2. The Morgan fingerprint density at radius 1 is 1.30 bits per heavy atom. The summed E-state index contributed by atoms with van der Waals surface area (Å²) in [6, 6.07) is 8.29. The predicted molar refractivity (Wildman–Crippen MR) is 84.3 cm³/mol. The molecule has 1 unspecified atom stereocenters. The minimum atomic E-state index is -0.223. The maximum Gasteiger partial charge on any atom is 0.251 e. The lowest BCUT2D eigenvalue weighted by Gasteiger charge is -2.16. The van der Waals surface area contributed by atoms with Crippen LogP contribution in [0.15, 0.2) is 41.1 Å². The van der Waals surface area contributed by atoms with Crippen molar-refractivity contribution in [2.75, 3.05) is 0 Å². The second-order valence-electron chi connectivity index (χ2n) is 4.23. The maximum atomic E-state index is 12.1. The highest BCUT2D eigenvalue weighted by atomic mass is 79.9. The molecule has 0 saturated heterocycles. The number of aromatic nitrogens is 1. The van der Waals surface area contributed by atoms with Crippen LogP contribution in [0.1, 0.15) is 28.9 Å². The van der Waals surface area contributed by atoms with E-state index in [0.29, 0.717) is 20.2 Å². The first-order valence-electron chi connectivity index (χ1n) is 5.84. The highest BCUT2D eigenvalue weighted by molar-refractivity contribution is 9.10. The molecule has 0 bridgehead atoms. The van der Waals surface area contributed by atoms with Gasteiger partial charge in [0.15, 0.2) is 0 Å². The number of hydrogen-bond acceptors (Lipinski definition) is 2. The van der Waals surface area contributed by atoms with Gasteiger partial charge in [0.25, 0.3) is 5.91 Å². The van der Waals surface area contributed by atoms with E-state index in [1.54, 1.807) is 36.5 Å². The van der Waals surface area contributed by atoms with Gasteiger partial charge in [0.2, 0.25) is 0 Å². The smallest absolute Gasteiger partial charge is 0.251 e. The summed E-state index contributed by atoms with van der Waals surface area (Å²) in [5, 5.41) is 3.98. The standard InChI is InChI=1S/C14H11BrCl2N2O/c1-8(11-3-2-10(16)7-12(11)17)19-14(20)9-4-5-18-13(15)6-9/h2-8H,1H3,(H,19,20). The molecule has 1 aromatic heterocycles. The zero-order chi connectivity index (χ0) is 14.7. The first-order chi connectivity index (χ1) is 9.47. The minimum absolute atomic E-state index is 0.188. The molecule has 6 heteroatoms. The minimum Gasteiger partial charge on any atom is -0.345 e. The van der Waals surface area contributed by atoms with Crippen molar-refractivity contribution < 1.29 is 4.79 Å². The Bertz CT molecular complexity index is 649. The monoisotopic (exact) mass is 372 g/mol. The van der Waals surface area contributed by atoms with Gasteiger partial charge in [-0.15, -0.1) is 0 Å². The van der Waals surface area contributed by atoms with E-state index >= 15 is 0 Å². The number of nitrogens with zero attached hydrogens (tertiary/aromatic N) is 1. The van der Waals surface area contributed by atoms with Crippen LogP contribution in [0.4, 0.5) is 0 Å². The Labute approximate surface area is 135 Å². The molecule has 2 aromatic rings. The van der Waals surface area contributed by atoms with Crippen molar-refractivity contribution >= 4 is 45.0 Å². The number of nitrogens with one attached hydrogen (secondary N) is 1. The molecule has 0 aliphatic rings. The fraction of sp³-hybridized carbons (Fsp3) is 0.143. The predicted octanol–water partition coefficient (Wildman–Crippen LogP) is 4.64. The molecule has 1 aromatic carbocycles. The fourth-order valence-corrected chi connectivity index (χ4v) is 2.69. The van der Waals surface area contributed by atoms with Crippen molar-refractivity contribution in [2.24, 2.45) is 0 Å². The molecule has 0 spiro atoms. The van der Waals surface area contributed by atoms with Gasteiger partial charge in [-0.1, -0.05) is 29.3 Å². The molecular weight excluding hydrogens is 363 g/mol. The van der Waals surface area contributed by atoms with Crippen LogP contribution in [0.5, 0.6) is 0 Å². The van der Waals surface area contributed by atoms with Crippen molar-refractivity contribution in [2.45, 2.75) is 13.0 Å². The average Bonchev–Trinajstić information content (AvgIpc) is 2.38. The summed E-state index contributed by atoms with van der Waals surface area (Å²) < 4.78 is 0.613. The van der Waals surface area contributed by atoms with Crippen LogP contribution in [0.25, 0.3) is 0 Å². The third kappa shape index (κ3) is 3.72. The zero-order valence-corrected chi connectivity index (χ0v) is 13.6.